The van der Waals surface area contributed by atoms with Gasteiger partial charge in [0.05, 0.1) is 12.3 Å². The molecule has 0 unspecified atom stereocenters. The Labute approximate surface area is 94.6 Å². The summed E-state index contributed by atoms with van der Waals surface area (Å²) >= 11 is 0. The van der Waals surface area contributed by atoms with Crippen LogP contribution >= 0.6 is 0 Å². The van der Waals surface area contributed by atoms with E-state index in [1.807, 2.05) is 36.4 Å². The first-order valence-corrected chi connectivity index (χ1v) is 5.18. The average molecular weight is 214 g/mol. The fourth-order valence-electron chi connectivity index (χ4n) is 1.50. The van der Waals surface area contributed by atoms with Gasteiger partial charge in [0.15, 0.2) is 0 Å². The lowest BCUT2D eigenvalue weighted by Crippen LogP contribution is -1.96. The third-order valence-electron chi connectivity index (χ3n) is 2.49. The molecule has 0 amide bonds. The highest BCUT2D eigenvalue weighted by atomic mass is 16.3. The quantitative estimate of drug-likeness (QED) is 0.817. The summed E-state index contributed by atoms with van der Waals surface area (Å²) in [6, 6.07) is 11.6. The van der Waals surface area contributed by atoms with Crippen LogP contribution in [0.1, 0.15) is 11.1 Å². The van der Waals surface area contributed by atoms with Gasteiger partial charge in [-0.25, -0.2) is 0 Å². The first-order valence-electron chi connectivity index (χ1n) is 5.18. The van der Waals surface area contributed by atoms with Crippen LogP contribution in [0, 0.1) is 0 Å². The molecule has 0 saturated heterocycles. The highest BCUT2D eigenvalue weighted by Crippen LogP contribution is 2.17. The Morgan fingerprint density at radius 1 is 1.00 bits per heavy atom. The molecule has 2 aromatic rings. The normalized spacial score (nSPS) is 10.4. The van der Waals surface area contributed by atoms with Crippen molar-refractivity contribution in [1.29, 1.82) is 0 Å². The van der Waals surface area contributed by atoms with Crippen LogP contribution < -0.4 is 5.73 Å². The Balaban J connectivity index is 2.28. The summed E-state index contributed by atoms with van der Waals surface area (Å²) in [6.45, 7) is 0.580. The molecular formula is C13H14N2O. The lowest BCUT2D eigenvalue weighted by atomic mass is 10.1. The van der Waals surface area contributed by atoms with Gasteiger partial charge in [-0.15, -0.1) is 0 Å². The standard InChI is InChI=1S/C13H14N2O/c14-7-11-3-6-13(15-8-11)12-4-1-10(9-16)2-5-12/h1-6,8,16H,7,9,14H2. The molecule has 0 spiro atoms. The van der Waals surface area contributed by atoms with Crippen LogP contribution in [-0.2, 0) is 13.2 Å². The number of aliphatic hydroxyl groups is 1. The van der Waals surface area contributed by atoms with Crippen molar-refractivity contribution in [3.8, 4) is 11.3 Å². The van der Waals surface area contributed by atoms with E-state index in [1.165, 1.54) is 0 Å². The van der Waals surface area contributed by atoms with Gasteiger partial charge in [0.2, 0.25) is 0 Å². The first-order chi connectivity index (χ1) is 7.83. The Kier molecular flexibility index (Phi) is 3.29. The summed E-state index contributed by atoms with van der Waals surface area (Å²) < 4.78 is 0. The summed E-state index contributed by atoms with van der Waals surface area (Å²) in [4.78, 5) is 4.33. The van der Waals surface area contributed by atoms with E-state index in [1.54, 1.807) is 6.20 Å². The van der Waals surface area contributed by atoms with Crippen LogP contribution in [-0.4, -0.2) is 10.1 Å². The first kappa shape index (κ1) is 10.8. The SMILES string of the molecule is NCc1ccc(-c2ccc(CO)cc2)nc1. The Morgan fingerprint density at radius 3 is 2.19 bits per heavy atom. The second-order valence-electron chi connectivity index (χ2n) is 3.61. The molecule has 0 aliphatic rings. The monoisotopic (exact) mass is 214 g/mol. The van der Waals surface area contributed by atoms with Crippen molar-refractivity contribution in [3.05, 3.63) is 53.7 Å². The molecular weight excluding hydrogens is 200 g/mol. The highest BCUT2D eigenvalue weighted by Gasteiger charge is 1.99. The number of pyridine rings is 1. The molecule has 82 valence electrons. The van der Waals surface area contributed by atoms with Crippen molar-refractivity contribution in [3.63, 3.8) is 0 Å². The molecule has 0 bridgehead atoms. The van der Waals surface area contributed by atoms with Gasteiger partial charge in [-0.05, 0) is 17.2 Å². The molecule has 0 atom stereocenters. The summed E-state index contributed by atoms with van der Waals surface area (Å²) in [5.74, 6) is 0. The summed E-state index contributed by atoms with van der Waals surface area (Å²) in [6.07, 6.45) is 1.79. The van der Waals surface area contributed by atoms with Crippen molar-refractivity contribution in [1.82, 2.24) is 4.98 Å². The van der Waals surface area contributed by atoms with Crippen LogP contribution in [0.25, 0.3) is 11.3 Å². The van der Waals surface area contributed by atoms with Gasteiger partial charge in [-0.2, -0.15) is 0 Å². The van der Waals surface area contributed by atoms with Gasteiger partial charge in [0, 0.05) is 18.3 Å². The van der Waals surface area contributed by atoms with Crippen LogP contribution in [0.2, 0.25) is 0 Å². The number of hydrogen-bond acceptors (Lipinski definition) is 3. The predicted octanol–water partition coefficient (Wildman–Crippen LogP) is 1.70. The molecule has 3 heteroatoms. The third kappa shape index (κ3) is 2.27. The second-order valence-corrected chi connectivity index (χ2v) is 3.61. The zero-order chi connectivity index (χ0) is 11.4. The van der Waals surface area contributed by atoms with Gasteiger partial charge in [0.1, 0.15) is 0 Å². The Bertz CT molecular complexity index is 403. The van der Waals surface area contributed by atoms with Crippen molar-refractivity contribution >= 4 is 0 Å². The maximum atomic E-state index is 8.94. The molecule has 0 saturated carbocycles. The number of aliphatic hydroxyl groups excluding tert-OH is 1. The zero-order valence-electron chi connectivity index (χ0n) is 8.93. The smallest absolute Gasteiger partial charge is 0.0702 e. The average Bonchev–Trinajstić information content (AvgIpc) is 2.39. The number of benzene rings is 1. The molecule has 0 fully saturated rings. The Morgan fingerprint density at radius 2 is 1.69 bits per heavy atom. The van der Waals surface area contributed by atoms with Crippen LogP contribution in [0.5, 0.6) is 0 Å². The maximum absolute atomic E-state index is 8.94. The van der Waals surface area contributed by atoms with E-state index < -0.39 is 0 Å². The topological polar surface area (TPSA) is 59.1 Å². The van der Waals surface area contributed by atoms with E-state index in [2.05, 4.69) is 4.98 Å². The molecule has 0 radical (unpaired) electrons. The minimum absolute atomic E-state index is 0.0693. The maximum Gasteiger partial charge on any atom is 0.0702 e. The number of hydrogen-bond donors (Lipinski definition) is 2. The van der Waals surface area contributed by atoms with Gasteiger partial charge in [-0.1, -0.05) is 30.3 Å². The van der Waals surface area contributed by atoms with Gasteiger partial charge >= 0.3 is 0 Å². The van der Waals surface area contributed by atoms with E-state index in [0.717, 1.165) is 22.4 Å². The predicted molar refractivity (Wildman–Crippen MR) is 63.5 cm³/mol. The van der Waals surface area contributed by atoms with Crippen molar-refractivity contribution < 1.29 is 5.11 Å². The van der Waals surface area contributed by atoms with Gasteiger partial charge in [0.25, 0.3) is 0 Å². The fourth-order valence-corrected chi connectivity index (χ4v) is 1.50. The van der Waals surface area contributed by atoms with Crippen LogP contribution in [0.3, 0.4) is 0 Å². The molecule has 0 aliphatic heterocycles. The van der Waals surface area contributed by atoms with Crippen molar-refractivity contribution in [2.75, 3.05) is 0 Å². The lowest BCUT2D eigenvalue weighted by Gasteiger charge is -2.03. The van der Waals surface area contributed by atoms with E-state index in [0.29, 0.717) is 6.54 Å². The van der Waals surface area contributed by atoms with E-state index in [9.17, 15) is 0 Å². The fraction of sp³-hybridized carbons (Fsp3) is 0.154. The summed E-state index contributed by atoms with van der Waals surface area (Å²) in [5, 5.41) is 8.94. The van der Waals surface area contributed by atoms with Crippen LogP contribution in [0.4, 0.5) is 0 Å². The van der Waals surface area contributed by atoms with Crippen LogP contribution in [0.15, 0.2) is 42.6 Å². The van der Waals surface area contributed by atoms with Crippen molar-refractivity contribution in [2.45, 2.75) is 13.2 Å². The third-order valence-corrected chi connectivity index (χ3v) is 2.49. The van der Waals surface area contributed by atoms with E-state index in [-0.39, 0.29) is 6.61 Å². The van der Waals surface area contributed by atoms with E-state index >= 15 is 0 Å². The molecule has 3 nitrogen and oxygen atoms in total. The van der Waals surface area contributed by atoms with Gasteiger partial charge < -0.3 is 10.8 Å². The number of aromatic nitrogens is 1. The minimum atomic E-state index is 0.0693. The highest BCUT2D eigenvalue weighted by molar-refractivity contribution is 5.59. The molecule has 1 aromatic carbocycles. The molecule has 1 heterocycles. The zero-order valence-corrected chi connectivity index (χ0v) is 8.93. The van der Waals surface area contributed by atoms with Crippen molar-refractivity contribution in [2.24, 2.45) is 5.73 Å². The number of nitrogens with zero attached hydrogens (tertiary/aromatic N) is 1. The lowest BCUT2D eigenvalue weighted by molar-refractivity contribution is 0.282. The molecule has 0 aliphatic carbocycles. The largest absolute Gasteiger partial charge is 0.392 e. The minimum Gasteiger partial charge on any atom is -0.392 e. The summed E-state index contributed by atoms with van der Waals surface area (Å²) in [5.41, 5.74) is 9.40. The Hall–Kier alpha value is -1.71. The number of rotatable bonds is 3. The van der Waals surface area contributed by atoms with Gasteiger partial charge in [-0.3, -0.25) is 4.98 Å². The second kappa shape index (κ2) is 4.88. The molecule has 16 heavy (non-hydrogen) atoms. The van der Waals surface area contributed by atoms with E-state index in [4.69, 9.17) is 10.8 Å². The molecule has 2 rings (SSSR count). The summed E-state index contributed by atoms with van der Waals surface area (Å²) in [7, 11) is 0. The molecule has 1 aromatic heterocycles. The number of nitrogens with two attached hydrogens (primary N) is 1. The molecule has 3 N–H and O–H groups in total.